The van der Waals surface area contributed by atoms with Gasteiger partial charge in [0.15, 0.2) is 0 Å². The van der Waals surface area contributed by atoms with Crippen molar-refractivity contribution in [2.24, 2.45) is 0 Å². The smallest absolute Gasteiger partial charge is 0.394 e. The maximum atomic E-state index is 13.8. The van der Waals surface area contributed by atoms with Crippen molar-refractivity contribution >= 4 is 20.0 Å². The highest BCUT2D eigenvalue weighted by Crippen LogP contribution is 2.61. The standard InChI is InChI=1S/C36H33O4P/c1-3-23-13-17-25(18-14-23)31-21-27-9-5-7-11-29(27)33-34-30-12-8-6-10-28(30)22-32(26-19-15-24(4-2)16-20-26)36(34)40-41(37,38)39-35(31)33/h3-4,13-22H,1-2,5-12H2,(H,37,38). The molecule has 0 bridgehead atoms. The first-order valence-corrected chi connectivity index (χ1v) is 16.0. The van der Waals surface area contributed by atoms with Crippen LogP contribution in [0.2, 0.25) is 0 Å². The van der Waals surface area contributed by atoms with Gasteiger partial charge in [-0.15, -0.1) is 0 Å². The lowest BCUT2D eigenvalue weighted by atomic mass is 9.77. The van der Waals surface area contributed by atoms with Gasteiger partial charge >= 0.3 is 7.82 Å². The molecule has 0 saturated heterocycles. The zero-order chi connectivity index (χ0) is 28.1. The monoisotopic (exact) mass is 560 g/mol. The van der Waals surface area contributed by atoms with E-state index < -0.39 is 7.82 Å². The fraction of sp³-hybridized carbons (Fsp3) is 0.222. The van der Waals surface area contributed by atoms with Crippen LogP contribution >= 0.6 is 7.82 Å². The molecule has 0 amide bonds. The van der Waals surface area contributed by atoms with E-state index in [1.165, 1.54) is 22.3 Å². The van der Waals surface area contributed by atoms with Crippen molar-refractivity contribution in [3.05, 3.63) is 107 Å². The Balaban J connectivity index is 1.59. The number of rotatable bonds is 4. The van der Waals surface area contributed by atoms with Crippen LogP contribution in [0.3, 0.4) is 0 Å². The van der Waals surface area contributed by atoms with Crippen molar-refractivity contribution in [3.63, 3.8) is 0 Å². The molecule has 0 spiro atoms. The lowest BCUT2D eigenvalue weighted by molar-refractivity contribution is 0.295. The van der Waals surface area contributed by atoms with E-state index in [1.54, 1.807) is 0 Å². The van der Waals surface area contributed by atoms with Crippen LogP contribution in [0.4, 0.5) is 0 Å². The van der Waals surface area contributed by atoms with E-state index >= 15 is 0 Å². The lowest BCUT2D eigenvalue weighted by Gasteiger charge is -2.28. The van der Waals surface area contributed by atoms with Crippen LogP contribution in [0.25, 0.3) is 45.5 Å². The van der Waals surface area contributed by atoms with E-state index in [9.17, 15) is 9.46 Å². The number of phosphoric ester groups is 1. The average molecular weight is 561 g/mol. The molecule has 0 radical (unpaired) electrons. The highest BCUT2D eigenvalue weighted by molar-refractivity contribution is 7.48. The van der Waals surface area contributed by atoms with E-state index in [0.717, 1.165) is 95.9 Å². The van der Waals surface area contributed by atoms with Gasteiger partial charge in [-0.05, 0) is 108 Å². The normalized spacial score (nSPS) is 16.5. The summed E-state index contributed by atoms with van der Waals surface area (Å²) < 4.78 is 26.0. The summed E-state index contributed by atoms with van der Waals surface area (Å²) in [5.74, 6) is 0.905. The van der Waals surface area contributed by atoms with Gasteiger partial charge < -0.3 is 9.05 Å². The van der Waals surface area contributed by atoms with Crippen LogP contribution in [-0.4, -0.2) is 4.89 Å². The van der Waals surface area contributed by atoms with Crippen LogP contribution in [0.5, 0.6) is 11.5 Å². The maximum Gasteiger partial charge on any atom is 0.584 e. The molecule has 0 fully saturated rings. The third-order valence-corrected chi connectivity index (χ3v) is 9.61. The summed E-state index contributed by atoms with van der Waals surface area (Å²) in [7, 11) is -4.52. The predicted molar refractivity (Wildman–Crippen MR) is 167 cm³/mol. The molecular weight excluding hydrogens is 527 g/mol. The second-order valence-electron chi connectivity index (χ2n) is 11.2. The Bertz CT molecular complexity index is 1620. The summed E-state index contributed by atoms with van der Waals surface area (Å²) in [6.07, 6.45) is 11.8. The van der Waals surface area contributed by atoms with E-state index in [-0.39, 0.29) is 0 Å². The van der Waals surface area contributed by atoms with E-state index in [4.69, 9.17) is 9.05 Å². The number of hydrogen-bond acceptors (Lipinski definition) is 3. The molecule has 4 aromatic carbocycles. The molecule has 4 nitrogen and oxygen atoms in total. The van der Waals surface area contributed by atoms with Crippen molar-refractivity contribution < 1.29 is 18.5 Å². The molecule has 1 heterocycles. The summed E-state index contributed by atoms with van der Waals surface area (Å²) in [6.45, 7) is 7.77. The van der Waals surface area contributed by atoms with Crippen molar-refractivity contribution in [3.8, 4) is 44.9 Å². The van der Waals surface area contributed by atoms with Crippen molar-refractivity contribution in [1.29, 1.82) is 0 Å². The van der Waals surface area contributed by atoms with Crippen LogP contribution in [0, 0.1) is 0 Å². The molecule has 41 heavy (non-hydrogen) atoms. The fourth-order valence-corrected chi connectivity index (χ4v) is 7.64. The van der Waals surface area contributed by atoms with Gasteiger partial charge in [0.05, 0.1) is 0 Å². The average Bonchev–Trinajstić information content (AvgIpc) is 3.13. The second-order valence-corrected chi connectivity index (χ2v) is 12.6. The van der Waals surface area contributed by atoms with Gasteiger partial charge in [-0.3, -0.25) is 4.89 Å². The molecule has 3 aliphatic rings. The molecule has 0 aromatic heterocycles. The molecule has 206 valence electrons. The van der Waals surface area contributed by atoms with E-state index in [2.05, 4.69) is 25.3 Å². The van der Waals surface area contributed by atoms with Gasteiger partial charge in [0.1, 0.15) is 11.5 Å². The summed E-state index contributed by atoms with van der Waals surface area (Å²) in [5.41, 5.74) is 12.4. The van der Waals surface area contributed by atoms with Crippen LogP contribution in [0.15, 0.2) is 73.8 Å². The summed E-state index contributed by atoms with van der Waals surface area (Å²) >= 11 is 0. The SMILES string of the molecule is C=Cc1ccc(-c2cc3c(c4c2OP(=O)(O)Oc2c(-c5ccc(C=C)cc5)cc5c(c2-4)CCCC5)CCCC3)cc1. The highest BCUT2D eigenvalue weighted by atomic mass is 31.2. The largest absolute Gasteiger partial charge is 0.584 e. The van der Waals surface area contributed by atoms with Gasteiger partial charge in [-0.1, -0.05) is 73.8 Å². The third kappa shape index (κ3) is 4.56. The number of fused-ring (bicyclic) bond motifs is 7. The van der Waals surface area contributed by atoms with Crippen molar-refractivity contribution in [2.75, 3.05) is 0 Å². The minimum absolute atomic E-state index is 0.452. The maximum absolute atomic E-state index is 13.8. The minimum Gasteiger partial charge on any atom is -0.394 e. The third-order valence-electron chi connectivity index (χ3n) is 8.78. The Hall–Kier alpha value is -3.85. The topological polar surface area (TPSA) is 55.8 Å². The van der Waals surface area contributed by atoms with Crippen LogP contribution in [-0.2, 0) is 30.2 Å². The molecule has 0 unspecified atom stereocenters. The number of phosphoric acid groups is 1. The highest BCUT2D eigenvalue weighted by Gasteiger charge is 2.39. The van der Waals surface area contributed by atoms with Gasteiger partial charge in [0.2, 0.25) is 0 Å². The number of benzene rings is 4. The molecule has 2 aliphatic carbocycles. The predicted octanol–water partition coefficient (Wildman–Crippen LogP) is 9.60. The molecule has 4 aromatic rings. The molecule has 1 aliphatic heterocycles. The molecule has 0 atom stereocenters. The van der Waals surface area contributed by atoms with E-state index in [0.29, 0.717) is 11.5 Å². The van der Waals surface area contributed by atoms with Gasteiger partial charge in [0.25, 0.3) is 0 Å². The quantitative estimate of drug-likeness (QED) is 0.253. The Labute approximate surface area is 241 Å². The Morgan fingerprint density at radius 1 is 0.634 bits per heavy atom. The zero-order valence-electron chi connectivity index (χ0n) is 23.1. The lowest BCUT2D eigenvalue weighted by Crippen LogP contribution is -2.10. The van der Waals surface area contributed by atoms with Crippen LogP contribution < -0.4 is 9.05 Å². The van der Waals surface area contributed by atoms with Crippen molar-refractivity contribution in [1.82, 2.24) is 0 Å². The minimum atomic E-state index is -4.52. The molecule has 0 saturated carbocycles. The Morgan fingerprint density at radius 3 is 1.41 bits per heavy atom. The molecule has 5 heteroatoms. The van der Waals surface area contributed by atoms with Gasteiger partial charge in [-0.2, -0.15) is 0 Å². The zero-order valence-corrected chi connectivity index (χ0v) is 24.0. The van der Waals surface area contributed by atoms with Gasteiger partial charge in [-0.25, -0.2) is 4.57 Å². The Kier molecular flexibility index (Phi) is 6.49. The second kappa shape index (κ2) is 10.2. The summed E-state index contributed by atoms with van der Waals surface area (Å²) in [5, 5.41) is 0. The first kappa shape index (κ1) is 26.1. The van der Waals surface area contributed by atoms with Crippen molar-refractivity contribution in [2.45, 2.75) is 51.4 Å². The first-order valence-electron chi connectivity index (χ1n) is 14.5. The number of hydrogen-bond donors (Lipinski definition) is 1. The van der Waals surface area contributed by atoms with Crippen LogP contribution in [0.1, 0.15) is 59.1 Å². The molecule has 7 rings (SSSR count). The fourth-order valence-electron chi connectivity index (χ4n) is 6.76. The van der Waals surface area contributed by atoms with E-state index in [1.807, 2.05) is 60.7 Å². The number of aryl methyl sites for hydroxylation is 2. The van der Waals surface area contributed by atoms with Gasteiger partial charge in [0, 0.05) is 22.3 Å². The molecular formula is C36H33O4P. The summed E-state index contributed by atoms with van der Waals surface area (Å²) in [4.78, 5) is 11.2. The Morgan fingerprint density at radius 2 is 1.02 bits per heavy atom. The molecule has 1 N–H and O–H groups in total. The first-order chi connectivity index (χ1) is 20.0. The summed E-state index contributed by atoms with van der Waals surface area (Å²) in [6, 6.07) is 20.5.